The normalized spacial score (nSPS) is 9.68. The lowest BCUT2D eigenvalue weighted by Gasteiger charge is -2.05. The highest BCUT2D eigenvalue weighted by Crippen LogP contribution is 2.25. The molecule has 0 unspecified atom stereocenters. The average molecular weight is 246 g/mol. The molecule has 0 atom stereocenters. The van der Waals surface area contributed by atoms with E-state index in [-0.39, 0.29) is 7.43 Å². The summed E-state index contributed by atoms with van der Waals surface area (Å²) in [7, 11) is 0. The monoisotopic (exact) mass is 246 g/mol. The van der Waals surface area contributed by atoms with E-state index in [9.17, 15) is 0 Å². The summed E-state index contributed by atoms with van der Waals surface area (Å²) in [6.45, 7) is 0. The van der Waals surface area contributed by atoms with Crippen LogP contribution in [0.15, 0.2) is 84.9 Å². The van der Waals surface area contributed by atoms with Gasteiger partial charge in [0.2, 0.25) is 0 Å². The van der Waals surface area contributed by atoms with E-state index in [1.165, 1.54) is 22.3 Å². The minimum absolute atomic E-state index is 0. The Morgan fingerprint density at radius 2 is 0.737 bits per heavy atom. The number of rotatable bonds is 2. The highest BCUT2D eigenvalue weighted by molar-refractivity contribution is 5.72. The third kappa shape index (κ3) is 2.92. The first-order chi connectivity index (χ1) is 8.93. The smallest absolute Gasteiger partial charge is 0.0178 e. The van der Waals surface area contributed by atoms with E-state index in [1.807, 2.05) is 12.1 Å². The first-order valence-electron chi connectivity index (χ1n) is 6.14. The molecule has 0 aromatic heterocycles. The second-order valence-electron chi connectivity index (χ2n) is 4.31. The van der Waals surface area contributed by atoms with Crippen molar-refractivity contribution in [2.24, 2.45) is 0 Å². The Morgan fingerprint density at radius 1 is 0.368 bits per heavy atom. The fraction of sp³-hybridized carbons (Fsp3) is 0.0526. The van der Waals surface area contributed by atoms with Gasteiger partial charge < -0.3 is 0 Å². The van der Waals surface area contributed by atoms with Crippen LogP contribution < -0.4 is 0 Å². The molecule has 0 spiro atoms. The molecule has 0 heteroatoms. The van der Waals surface area contributed by atoms with Crippen LogP contribution in [0.5, 0.6) is 0 Å². The summed E-state index contributed by atoms with van der Waals surface area (Å²) in [5, 5.41) is 0. The molecule has 94 valence electrons. The van der Waals surface area contributed by atoms with Gasteiger partial charge in [0.15, 0.2) is 0 Å². The molecule has 0 N–H and O–H groups in total. The maximum atomic E-state index is 2.24. The molecule has 3 aromatic rings. The Balaban J connectivity index is 0.00000133. The molecule has 0 radical (unpaired) electrons. The Kier molecular flexibility index (Phi) is 4.15. The lowest BCUT2D eigenvalue weighted by atomic mass is 9.99. The van der Waals surface area contributed by atoms with E-state index >= 15 is 0 Å². The van der Waals surface area contributed by atoms with Gasteiger partial charge in [-0.15, -0.1) is 0 Å². The number of benzene rings is 3. The number of hydrogen-bond acceptors (Lipinski definition) is 0. The van der Waals surface area contributed by atoms with Gasteiger partial charge in [-0.05, 0) is 28.3 Å². The zero-order valence-electron chi connectivity index (χ0n) is 10.1. The number of hydrogen-bond donors (Lipinski definition) is 0. The van der Waals surface area contributed by atoms with Crippen molar-refractivity contribution in [2.75, 3.05) is 0 Å². The van der Waals surface area contributed by atoms with Crippen molar-refractivity contribution in [2.45, 2.75) is 7.43 Å². The quantitative estimate of drug-likeness (QED) is 0.547. The fourth-order valence-electron chi connectivity index (χ4n) is 2.14. The van der Waals surface area contributed by atoms with E-state index in [1.54, 1.807) is 0 Å². The van der Waals surface area contributed by atoms with Crippen molar-refractivity contribution >= 4 is 0 Å². The van der Waals surface area contributed by atoms with Crippen LogP contribution in [0.3, 0.4) is 0 Å². The predicted molar refractivity (Wildman–Crippen MR) is 84.0 cm³/mol. The molecule has 3 rings (SSSR count). The second-order valence-corrected chi connectivity index (χ2v) is 4.31. The third-order valence-electron chi connectivity index (χ3n) is 3.08. The third-order valence-corrected chi connectivity index (χ3v) is 3.08. The highest BCUT2D eigenvalue weighted by atomic mass is 14.0. The Hall–Kier alpha value is -2.34. The van der Waals surface area contributed by atoms with Gasteiger partial charge >= 0.3 is 0 Å². The molecule has 0 aliphatic carbocycles. The first kappa shape index (κ1) is 13.1. The summed E-state index contributed by atoms with van der Waals surface area (Å²) in [6, 6.07) is 29.6. The minimum atomic E-state index is 0. The Bertz CT molecular complexity index is 570. The summed E-state index contributed by atoms with van der Waals surface area (Å²) in [5.41, 5.74) is 5.04. The molecule has 0 heterocycles. The van der Waals surface area contributed by atoms with Crippen LogP contribution in [0.4, 0.5) is 0 Å². The topological polar surface area (TPSA) is 0 Å². The van der Waals surface area contributed by atoms with Gasteiger partial charge in [-0.1, -0.05) is 86.3 Å². The van der Waals surface area contributed by atoms with Crippen molar-refractivity contribution in [1.29, 1.82) is 0 Å². The SMILES string of the molecule is C.c1ccc(-c2cccc(-c3ccccc3)c2)cc1. The molecular formula is C19H18. The van der Waals surface area contributed by atoms with Crippen LogP contribution >= 0.6 is 0 Å². The maximum Gasteiger partial charge on any atom is -0.0178 e. The molecule has 0 amide bonds. The minimum Gasteiger partial charge on any atom is -0.0776 e. The van der Waals surface area contributed by atoms with Crippen LogP contribution in [-0.4, -0.2) is 0 Å². The zero-order valence-corrected chi connectivity index (χ0v) is 10.1. The predicted octanol–water partition coefficient (Wildman–Crippen LogP) is 5.66. The largest absolute Gasteiger partial charge is 0.0776 e. The molecule has 0 fully saturated rings. The van der Waals surface area contributed by atoms with Crippen molar-refractivity contribution in [3.8, 4) is 22.3 Å². The van der Waals surface area contributed by atoms with E-state index in [0.717, 1.165) is 0 Å². The van der Waals surface area contributed by atoms with Gasteiger partial charge in [0.25, 0.3) is 0 Å². The van der Waals surface area contributed by atoms with Crippen LogP contribution in [0.2, 0.25) is 0 Å². The van der Waals surface area contributed by atoms with Gasteiger partial charge in [-0.25, -0.2) is 0 Å². The molecular weight excluding hydrogens is 228 g/mol. The molecule has 0 nitrogen and oxygen atoms in total. The summed E-state index contributed by atoms with van der Waals surface area (Å²) >= 11 is 0. The summed E-state index contributed by atoms with van der Waals surface area (Å²) < 4.78 is 0. The summed E-state index contributed by atoms with van der Waals surface area (Å²) in [6.07, 6.45) is 0. The van der Waals surface area contributed by atoms with Crippen LogP contribution in [-0.2, 0) is 0 Å². The Labute approximate surface area is 115 Å². The van der Waals surface area contributed by atoms with Crippen molar-refractivity contribution in [3.63, 3.8) is 0 Å². The lowest BCUT2D eigenvalue weighted by Crippen LogP contribution is -1.80. The molecule has 0 aliphatic heterocycles. The van der Waals surface area contributed by atoms with E-state index < -0.39 is 0 Å². The van der Waals surface area contributed by atoms with Gasteiger partial charge in [-0.2, -0.15) is 0 Å². The van der Waals surface area contributed by atoms with Gasteiger partial charge in [0.1, 0.15) is 0 Å². The van der Waals surface area contributed by atoms with Crippen molar-refractivity contribution in [3.05, 3.63) is 84.9 Å². The van der Waals surface area contributed by atoms with E-state index in [4.69, 9.17) is 0 Å². The van der Waals surface area contributed by atoms with Crippen molar-refractivity contribution < 1.29 is 0 Å². The molecule has 0 saturated carbocycles. The second kappa shape index (κ2) is 6.01. The standard InChI is InChI=1S/C18H14.CH4/c1-3-8-15(9-4-1)17-12-7-13-18(14-17)16-10-5-2-6-11-16;/h1-14H;1H4. The molecule has 0 bridgehead atoms. The van der Waals surface area contributed by atoms with E-state index in [0.29, 0.717) is 0 Å². The summed E-state index contributed by atoms with van der Waals surface area (Å²) in [5.74, 6) is 0. The lowest BCUT2D eigenvalue weighted by molar-refractivity contribution is 1.59. The van der Waals surface area contributed by atoms with Crippen LogP contribution in [0.1, 0.15) is 7.43 Å². The highest BCUT2D eigenvalue weighted by Gasteiger charge is 2.00. The average Bonchev–Trinajstić information content (AvgIpc) is 2.49. The van der Waals surface area contributed by atoms with Crippen LogP contribution in [0.25, 0.3) is 22.3 Å². The fourth-order valence-corrected chi connectivity index (χ4v) is 2.14. The van der Waals surface area contributed by atoms with Gasteiger partial charge in [-0.3, -0.25) is 0 Å². The molecule has 19 heavy (non-hydrogen) atoms. The Morgan fingerprint density at radius 3 is 1.16 bits per heavy atom. The van der Waals surface area contributed by atoms with Gasteiger partial charge in [0, 0.05) is 0 Å². The molecule has 0 saturated heterocycles. The zero-order chi connectivity index (χ0) is 12.2. The van der Waals surface area contributed by atoms with E-state index in [2.05, 4.69) is 72.8 Å². The molecule has 0 aliphatic rings. The first-order valence-corrected chi connectivity index (χ1v) is 6.14. The van der Waals surface area contributed by atoms with Gasteiger partial charge in [0.05, 0.1) is 0 Å². The summed E-state index contributed by atoms with van der Waals surface area (Å²) in [4.78, 5) is 0. The van der Waals surface area contributed by atoms with Crippen molar-refractivity contribution in [1.82, 2.24) is 0 Å². The maximum absolute atomic E-state index is 2.24. The molecule has 3 aromatic carbocycles. The van der Waals surface area contributed by atoms with Crippen LogP contribution in [0, 0.1) is 0 Å².